The highest BCUT2D eigenvalue weighted by molar-refractivity contribution is 6.31. The first-order valence-corrected chi connectivity index (χ1v) is 10.1. The predicted molar refractivity (Wildman–Crippen MR) is 109 cm³/mol. The quantitative estimate of drug-likeness (QED) is 0.487. The lowest BCUT2D eigenvalue weighted by molar-refractivity contribution is 0.0672. The molecule has 1 aliphatic rings. The summed E-state index contributed by atoms with van der Waals surface area (Å²) in [5.74, 6) is 0.317. The van der Waals surface area contributed by atoms with E-state index >= 15 is 0 Å². The lowest BCUT2D eigenvalue weighted by Gasteiger charge is -2.31. The molecule has 0 bridgehead atoms. The van der Waals surface area contributed by atoms with Crippen LogP contribution in [0.3, 0.4) is 0 Å². The minimum Gasteiger partial charge on any atom is -0.394 e. The van der Waals surface area contributed by atoms with Gasteiger partial charge in [-0.15, -0.1) is 0 Å². The molecular weight excluding hydrogens is 397 g/mol. The topological polar surface area (TPSA) is 107 Å². The molecule has 0 amide bonds. The molecule has 3 aromatic heterocycles. The van der Waals surface area contributed by atoms with Crippen LogP contribution in [0.5, 0.6) is 0 Å². The van der Waals surface area contributed by atoms with Crippen LogP contribution in [0.2, 0.25) is 5.02 Å². The Morgan fingerprint density at radius 3 is 3.00 bits per heavy atom. The lowest BCUT2D eigenvalue weighted by atomic mass is 9.82. The van der Waals surface area contributed by atoms with Crippen molar-refractivity contribution < 1.29 is 14.6 Å². The standard InChI is InChI=1S/C20H23ClFN5O2/c21-12-6-15-16(8-24-18(15)23-7-12)19-25-9-17(22)20(27-19)26-13-3-1-2-11(4-13)5-14(29)10-28/h6-9,11,13-14,28-29H,1-5,10H2,(H,23,24)(H,25,26,27)/t11?,13-,14?/m0/s1. The van der Waals surface area contributed by atoms with E-state index in [2.05, 4.69) is 25.3 Å². The molecule has 1 aliphatic carbocycles. The van der Waals surface area contributed by atoms with Crippen molar-refractivity contribution in [3.63, 3.8) is 0 Å². The van der Waals surface area contributed by atoms with Crippen molar-refractivity contribution in [3.8, 4) is 11.4 Å². The van der Waals surface area contributed by atoms with Crippen LogP contribution in [0.25, 0.3) is 22.4 Å². The summed E-state index contributed by atoms with van der Waals surface area (Å²) in [4.78, 5) is 15.8. The maximum Gasteiger partial charge on any atom is 0.183 e. The fourth-order valence-electron chi connectivity index (χ4n) is 4.05. The molecule has 1 saturated carbocycles. The lowest BCUT2D eigenvalue weighted by Crippen LogP contribution is -2.30. The molecule has 1 fully saturated rings. The van der Waals surface area contributed by atoms with Crippen molar-refractivity contribution in [2.24, 2.45) is 5.92 Å². The second-order valence-corrected chi connectivity index (χ2v) is 8.02. The van der Waals surface area contributed by atoms with Crippen LogP contribution < -0.4 is 5.32 Å². The minimum atomic E-state index is -0.705. The SMILES string of the molecule is OCC(O)CC1CCC[C@H](Nc2nc(-c3c[nH]c4ncc(Cl)cc34)ncc2F)C1. The van der Waals surface area contributed by atoms with Gasteiger partial charge in [0.2, 0.25) is 0 Å². The van der Waals surface area contributed by atoms with Crippen LogP contribution in [-0.2, 0) is 0 Å². The van der Waals surface area contributed by atoms with Crippen LogP contribution in [0.4, 0.5) is 10.2 Å². The van der Waals surface area contributed by atoms with E-state index in [4.69, 9.17) is 16.7 Å². The van der Waals surface area contributed by atoms with Crippen molar-refractivity contribution in [2.75, 3.05) is 11.9 Å². The van der Waals surface area contributed by atoms with Crippen LogP contribution in [0.15, 0.2) is 24.7 Å². The largest absolute Gasteiger partial charge is 0.394 e. The number of aromatic nitrogens is 4. The number of aliphatic hydroxyl groups is 2. The Morgan fingerprint density at radius 2 is 2.17 bits per heavy atom. The monoisotopic (exact) mass is 419 g/mol. The van der Waals surface area contributed by atoms with E-state index in [1.807, 2.05) is 0 Å². The minimum absolute atomic E-state index is 0.0518. The summed E-state index contributed by atoms with van der Waals surface area (Å²) in [5, 5.41) is 23.3. The summed E-state index contributed by atoms with van der Waals surface area (Å²) >= 11 is 6.06. The molecule has 3 heterocycles. The number of halogens is 2. The van der Waals surface area contributed by atoms with Crippen molar-refractivity contribution in [1.82, 2.24) is 19.9 Å². The Bertz CT molecular complexity index is 998. The molecule has 3 aromatic rings. The third kappa shape index (κ3) is 4.49. The Morgan fingerprint density at radius 1 is 1.31 bits per heavy atom. The zero-order valence-electron chi connectivity index (χ0n) is 15.8. The summed E-state index contributed by atoms with van der Waals surface area (Å²) in [6, 6.07) is 1.82. The normalized spacial score (nSPS) is 20.7. The Balaban J connectivity index is 1.55. The first-order chi connectivity index (χ1) is 14.0. The van der Waals surface area contributed by atoms with Gasteiger partial charge in [0.1, 0.15) is 5.65 Å². The van der Waals surface area contributed by atoms with Gasteiger partial charge in [0.05, 0.1) is 23.9 Å². The first kappa shape index (κ1) is 20.0. The van der Waals surface area contributed by atoms with Gasteiger partial charge in [-0.25, -0.2) is 19.3 Å². The molecule has 0 spiro atoms. The molecule has 0 radical (unpaired) electrons. The molecule has 3 atom stereocenters. The number of nitrogens with one attached hydrogen (secondary N) is 2. The van der Waals surface area contributed by atoms with E-state index in [9.17, 15) is 9.50 Å². The number of aliphatic hydroxyl groups excluding tert-OH is 2. The highest BCUT2D eigenvalue weighted by atomic mass is 35.5. The zero-order chi connectivity index (χ0) is 20.4. The second kappa shape index (κ2) is 8.61. The molecule has 29 heavy (non-hydrogen) atoms. The smallest absolute Gasteiger partial charge is 0.183 e. The molecule has 4 rings (SSSR count). The maximum absolute atomic E-state index is 14.4. The number of H-pyrrole nitrogens is 1. The highest BCUT2D eigenvalue weighted by Gasteiger charge is 2.25. The average molecular weight is 420 g/mol. The number of fused-ring (bicyclic) bond motifs is 1. The van der Waals surface area contributed by atoms with Crippen molar-refractivity contribution >= 4 is 28.5 Å². The van der Waals surface area contributed by atoms with E-state index in [0.29, 0.717) is 28.5 Å². The summed E-state index contributed by atoms with van der Waals surface area (Å²) < 4.78 is 14.4. The molecule has 0 aliphatic heterocycles. The van der Waals surface area contributed by atoms with E-state index in [1.165, 1.54) is 0 Å². The third-order valence-corrected chi connectivity index (χ3v) is 5.63. The summed E-state index contributed by atoms with van der Waals surface area (Å²) in [5.41, 5.74) is 1.36. The molecule has 4 N–H and O–H groups in total. The van der Waals surface area contributed by atoms with Gasteiger partial charge in [-0.05, 0) is 31.2 Å². The van der Waals surface area contributed by atoms with Crippen molar-refractivity contribution in [2.45, 2.75) is 44.2 Å². The number of pyridine rings is 1. The fourth-order valence-corrected chi connectivity index (χ4v) is 4.21. The number of hydrogen-bond acceptors (Lipinski definition) is 6. The summed E-state index contributed by atoms with van der Waals surface area (Å²) in [6.45, 7) is -0.234. The Hall–Kier alpha value is -2.29. The van der Waals surface area contributed by atoms with Gasteiger partial charge in [0.25, 0.3) is 0 Å². The number of nitrogens with zero attached hydrogens (tertiary/aromatic N) is 3. The molecule has 0 saturated heterocycles. The van der Waals surface area contributed by atoms with Gasteiger partial charge < -0.3 is 20.5 Å². The van der Waals surface area contributed by atoms with E-state index in [-0.39, 0.29) is 24.4 Å². The number of anilines is 1. The number of aromatic amines is 1. The second-order valence-electron chi connectivity index (χ2n) is 7.59. The van der Waals surface area contributed by atoms with E-state index in [0.717, 1.165) is 37.3 Å². The van der Waals surface area contributed by atoms with Crippen LogP contribution >= 0.6 is 11.6 Å². The van der Waals surface area contributed by atoms with Gasteiger partial charge in [0.15, 0.2) is 17.5 Å². The zero-order valence-corrected chi connectivity index (χ0v) is 16.5. The number of hydrogen-bond donors (Lipinski definition) is 4. The van der Waals surface area contributed by atoms with E-state index in [1.54, 1.807) is 18.5 Å². The molecule has 9 heteroatoms. The summed E-state index contributed by atoms with van der Waals surface area (Å²) in [6.07, 6.45) is 7.96. The van der Waals surface area contributed by atoms with Crippen LogP contribution in [-0.4, -0.2) is 48.9 Å². The molecule has 0 aromatic carbocycles. The molecule has 154 valence electrons. The Labute approximate surface area is 172 Å². The van der Waals surface area contributed by atoms with Gasteiger partial charge in [-0.3, -0.25) is 0 Å². The van der Waals surface area contributed by atoms with E-state index < -0.39 is 11.9 Å². The van der Waals surface area contributed by atoms with Crippen LogP contribution in [0, 0.1) is 11.7 Å². The first-order valence-electron chi connectivity index (χ1n) is 9.74. The van der Waals surface area contributed by atoms with Gasteiger partial charge in [-0.2, -0.15) is 0 Å². The average Bonchev–Trinajstić information content (AvgIpc) is 3.13. The van der Waals surface area contributed by atoms with Crippen molar-refractivity contribution in [3.05, 3.63) is 35.5 Å². The fraction of sp³-hybridized carbons (Fsp3) is 0.450. The molecule has 7 nitrogen and oxygen atoms in total. The maximum atomic E-state index is 14.4. The highest BCUT2D eigenvalue weighted by Crippen LogP contribution is 2.31. The predicted octanol–water partition coefficient (Wildman–Crippen LogP) is 3.53. The van der Waals surface area contributed by atoms with Gasteiger partial charge in [-0.1, -0.05) is 24.4 Å². The van der Waals surface area contributed by atoms with Crippen LogP contribution in [0.1, 0.15) is 32.1 Å². The van der Waals surface area contributed by atoms with Gasteiger partial charge >= 0.3 is 0 Å². The molecular formula is C20H23ClFN5O2. The van der Waals surface area contributed by atoms with Gasteiger partial charge in [0, 0.05) is 29.4 Å². The Kier molecular flexibility index (Phi) is 5.94. The molecule has 2 unspecified atom stereocenters. The van der Waals surface area contributed by atoms with Crippen molar-refractivity contribution in [1.29, 1.82) is 0 Å². The summed E-state index contributed by atoms with van der Waals surface area (Å²) in [7, 11) is 0. The third-order valence-electron chi connectivity index (χ3n) is 5.42. The number of rotatable bonds is 6.